The summed E-state index contributed by atoms with van der Waals surface area (Å²) < 4.78 is 16.6. The zero-order valence-electron chi connectivity index (χ0n) is 7.40. The Morgan fingerprint density at radius 1 is 1.29 bits per heavy atom. The minimum atomic E-state index is -0.211. The van der Waals surface area contributed by atoms with Crippen LogP contribution in [0.3, 0.4) is 0 Å². The van der Waals surface area contributed by atoms with Crippen LogP contribution >= 0.6 is 11.5 Å². The number of rotatable bonds is 2. The number of hydrogen-bond donors (Lipinski definition) is 1. The van der Waals surface area contributed by atoms with Crippen molar-refractivity contribution in [3.05, 3.63) is 46.6 Å². The molecule has 72 valence electrons. The molecule has 0 saturated heterocycles. The van der Waals surface area contributed by atoms with E-state index in [1.807, 2.05) is 6.07 Å². The number of halogens is 1. The van der Waals surface area contributed by atoms with Gasteiger partial charge in [0.25, 0.3) is 0 Å². The van der Waals surface area contributed by atoms with Crippen molar-refractivity contribution in [3.63, 3.8) is 0 Å². The number of aromatic nitrogens is 1. The molecular weight excluding hydrogens is 199 g/mol. The second-order valence-corrected chi connectivity index (χ2v) is 3.91. The van der Waals surface area contributed by atoms with E-state index in [-0.39, 0.29) is 5.82 Å². The maximum absolute atomic E-state index is 12.6. The Balaban J connectivity index is 2.15. The van der Waals surface area contributed by atoms with Crippen molar-refractivity contribution < 1.29 is 4.39 Å². The normalized spacial score (nSPS) is 10.4. The Kier molecular flexibility index (Phi) is 2.45. The molecule has 1 aromatic carbocycles. The van der Waals surface area contributed by atoms with E-state index in [1.54, 1.807) is 12.1 Å². The van der Waals surface area contributed by atoms with Gasteiger partial charge in [0.15, 0.2) is 0 Å². The summed E-state index contributed by atoms with van der Waals surface area (Å²) in [5.41, 5.74) is 6.56. The molecule has 0 radical (unpaired) electrons. The average molecular weight is 208 g/mol. The van der Waals surface area contributed by atoms with E-state index >= 15 is 0 Å². The summed E-state index contributed by atoms with van der Waals surface area (Å²) in [5.74, 6) is 0.338. The molecule has 0 aliphatic heterocycles. The van der Waals surface area contributed by atoms with Gasteiger partial charge in [0.2, 0.25) is 0 Å². The van der Waals surface area contributed by atoms with Crippen LogP contribution in [0.1, 0.15) is 10.4 Å². The fraction of sp³-hybridized carbons (Fsp3) is 0.100. The van der Waals surface area contributed by atoms with Crippen LogP contribution in [0.2, 0.25) is 0 Å². The maximum atomic E-state index is 12.6. The number of benzene rings is 1. The third-order valence-electron chi connectivity index (χ3n) is 1.87. The van der Waals surface area contributed by atoms with E-state index < -0.39 is 0 Å². The Bertz CT molecular complexity index is 422. The molecule has 4 heteroatoms. The summed E-state index contributed by atoms with van der Waals surface area (Å²) in [7, 11) is 0. The van der Waals surface area contributed by atoms with Gasteiger partial charge in [-0.05, 0) is 35.3 Å². The van der Waals surface area contributed by atoms with Crippen LogP contribution in [0.15, 0.2) is 30.3 Å². The first-order chi connectivity index (χ1) is 6.74. The molecule has 0 fully saturated rings. The first-order valence-electron chi connectivity index (χ1n) is 4.19. The summed E-state index contributed by atoms with van der Waals surface area (Å²) >= 11 is 1.38. The highest BCUT2D eigenvalue weighted by molar-refractivity contribution is 7.06. The van der Waals surface area contributed by atoms with Gasteiger partial charge in [-0.15, -0.1) is 0 Å². The van der Waals surface area contributed by atoms with E-state index in [4.69, 9.17) is 5.73 Å². The number of nitrogen functional groups attached to an aromatic ring is 1. The summed E-state index contributed by atoms with van der Waals surface area (Å²) in [5, 5.41) is 0. The van der Waals surface area contributed by atoms with Crippen LogP contribution in [0.25, 0.3) is 0 Å². The van der Waals surface area contributed by atoms with Crippen molar-refractivity contribution in [2.75, 3.05) is 5.73 Å². The monoisotopic (exact) mass is 208 g/mol. The van der Waals surface area contributed by atoms with Crippen molar-refractivity contribution in [2.24, 2.45) is 0 Å². The molecule has 2 aromatic rings. The molecule has 14 heavy (non-hydrogen) atoms. The molecule has 2 nitrogen and oxygen atoms in total. The fourth-order valence-electron chi connectivity index (χ4n) is 1.22. The van der Waals surface area contributed by atoms with Crippen LogP contribution in [0.5, 0.6) is 0 Å². The Morgan fingerprint density at radius 2 is 2.00 bits per heavy atom. The van der Waals surface area contributed by atoms with E-state index in [9.17, 15) is 4.39 Å². The predicted molar refractivity (Wildman–Crippen MR) is 55.7 cm³/mol. The van der Waals surface area contributed by atoms with Gasteiger partial charge in [-0.1, -0.05) is 12.1 Å². The van der Waals surface area contributed by atoms with Gasteiger partial charge in [-0.25, -0.2) is 4.39 Å². The van der Waals surface area contributed by atoms with Gasteiger partial charge in [-0.2, -0.15) is 4.37 Å². The lowest BCUT2D eigenvalue weighted by molar-refractivity contribution is 0.627. The zero-order chi connectivity index (χ0) is 9.97. The van der Waals surface area contributed by atoms with E-state index in [0.29, 0.717) is 5.82 Å². The smallest absolute Gasteiger partial charge is 0.137 e. The molecule has 0 aliphatic rings. The van der Waals surface area contributed by atoms with E-state index in [2.05, 4.69) is 4.37 Å². The highest BCUT2D eigenvalue weighted by atomic mass is 32.1. The molecule has 0 unspecified atom stereocenters. The van der Waals surface area contributed by atoms with Gasteiger partial charge in [0, 0.05) is 11.3 Å². The number of nitrogens with zero attached hydrogens (tertiary/aromatic N) is 1. The molecule has 0 aliphatic carbocycles. The summed E-state index contributed by atoms with van der Waals surface area (Å²) in [4.78, 5) is 1.09. The average Bonchev–Trinajstić information content (AvgIpc) is 2.56. The molecule has 1 aromatic heterocycles. The summed E-state index contributed by atoms with van der Waals surface area (Å²) in [6, 6.07) is 8.30. The predicted octanol–water partition coefficient (Wildman–Crippen LogP) is 2.46. The Hall–Kier alpha value is -1.42. The van der Waals surface area contributed by atoms with Crippen LogP contribution in [-0.2, 0) is 6.42 Å². The lowest BCUT2D eigenvalue weighted by Crippen LogP contribution is -1.85. The quantitative estimate of drug-likeness (QED) is 0.823. The maximum Gasteiger partial charge on any atom is 0.137 e. The summed E-state index contributed by atoms with van der Waals surface area (Å²) in [6.07, 6.45) is 0.759. The summed E-state index contributed by atoms with van der Waals surface area (Å²) in [6.45, 7) is 0. The highest BCUT2D eigenvalue weighted by Gasteiger charge is 2.00. The van der Waals surface area contributed by atoms with Crippen molar-refractivity contribution in [1.29, 1.82) is 0 Å². The first kappa shape index (κ1) is 9.15. The molecule has 0 spiro atoms. The van der Waals surface area contributed by atoms with Crippen LogP contribution < -0.4 is 5.73 Å². The lowest BCUT2D eigenvalue weighted by atomic mass is 10.1. The Labute approximate surface area is 85.4 Å². The third-order valence-corrected chi connectivity index (χ3v) is 2.67. The number of hydrogen-bond acceptors (Lipinski definition) is 3. The van der Waals surface area contributed by atoms with Gasteiger partial charge in [0.1, 0.15) is 11.6 Å². The minimum Gasteiger partial charge on any atom is -0.383 e. The molecular formula is C10H9FN2S. The van der Waals surface area contributed by atoms with E-state index in [0.717, 1.165) is 16.9 Å². The topological polar surface area (TPSA) is 38.9 Å². The van der Waals surface area contributed by atoms with Crippen molar-refractivity contribution in [1.82, 2.24) is 4.37 Å². The SMILES string of the molecule is Nc1cc(Cc2ccc(F)cc2)sn1. The molecule has 1 heterocycles. The molecule has 0 bridgehead atoms. The van der Waals surface area contributed by atoms with E-state index in [1.165, 1.54) is 23.7 Å². The van der Waals surface area contributed by atoms with Gasteiger partial charge in [0.05, 0.1) is 0 Å². The lowest BCUT2D eigenvalue weighted by Gasteiger charge is -1.96. The molecule has 2 N–H and O–H groups in total. The third kappa shape index (κ3) is 2.09. The Morgan fingerprint density at radius 3 is 2.57 bits per heavy atom. The molecule has 0 saturated carbocycles. The molecule has 2 rings (SSSR count). The fourth-order valence-corrected chi connectivity index (χ4v) is 1.90. The van der Waals surface area contributed by atoms with Crippen molar-refractivity contribution >= 4 is 17.4 Å². The molecule has 0 amide bonds. The van der Waals surface area contributed by atoms with Gasteiger partial charge >= 0.3 is 0 Å². The zero-order valence-corrected chi connectivity index (χ0v) is 8.22. The minimum absolute atomic E-state index is 0.211. The number of nitrogens with two attached hydrogens (primary N) is 1. The first-order valence-corrected chi connectivity index (χ1v) is 4.97. The van der Waals surface area contributed by atoms with Crippen LogP contribution in [-0.4, -0.2) is 4.37 Å². The van der Waals surface area contributed by atoms with Gasteiger partial charge in [-0.3, -0.25) is 0 Å². The van der Waals surface area contributed by atoms with Crippen molar-refractivity contribution in [3.8, 4) is 0 Å². The highest BCUT2D eigenvalue weighted by Crippen LogP contribution is 2.16. The standard InChI is InChI=1S/C10H9FN2S/c11-8-3-1-7(2-4-8)5-9-6-10(12)13-14-9/h1-4,6H,5H2,(H2,12,13). The van der Waals surface area contributed by atoms with Crippen molar-refractivity contribution in [2.45, 2.75) is 6.42 Å². The second kappa shape index (κ2) is 3.75. The number of anilines is 1. The molecule has 0 atom stereocenters. The van der Waals surface area contributed by atoms with Crippen LogP contribution in [0.4, 0.5) is 10.2 Å². The van der Waals surface area contributed by atoms with Gasteiger partial charge < -0.3 is 5.73 Å². The van der Waals surface area contributed by atoms with Crippen LogP contribution in [0, 0.1) is 5.82 Å². The second-order valence-electron chi connectivity index (χ2n) is 3.02. The largest absolute Gasteiger partial charge is 0.383 e.